The zero-order valence-corrected chi connectivity index (χ0v) is 19.9. The van der Waals surface area contributed by atoms with Crippen LogP contribution in [0.3, 0.4) is 0 Å². The van der Waals surface area contributed by atoms with Crippen molar-refractivity contribution in [1.82, 2.24) is 19.7 Å². The second-order valence-electron chi connectivity index (χ2n) is 8.01. The highest BCUT2D eigenvalue weighted by Gasteiger charge is 2.26. The smallest absolute Gasteiger partial charge is 0.191 e. The van der Waals surface area contributed by atoms with Crippen LogP contribution in [0.5, 0.6) is 0 Å². The first-order chi connectivity index (χ1) is 15.7. The van der Waals surface area contributed by atoms with Gasteiger partial charge in [-0.05, 0) is 55.8 Å². The van der Waals surface area contributed by atoms with E-state index in [2.05, 4.69) is 32.3 Å². The summed E-state index contributed by atoms with van der Waals surface area (Å²) >= 11 is 7.81. The zero-order chi connectivity index (χ0) is 22.3. The Morgan fingerprint density at radius 2 is 2.03 bits per heavy atom. The summed E-state index contributed by atoms with van der Waals surface area (Å²) in [5, 5.41) is 10.8. The maximum atomic E-state index is 6.12. The van der Waals surface area contributed by atoms with Crippen molar-refractivity contribution < 1.29 is 9.15 Å². The number of ether oxygens (including phenoxy) is 1. The van der Waals surface area contributed by atoms with Gasteiger partial charge in [-0.25, -0.2) is 0 Å². The van der Waals surface area contributed by atoms with Gasteiger partial charge in [-0.1, -0.05) is 41.6 Å². The second-order valence-corrected chi connectivity index (χ2v) is 9.39. The number of likely N-dealkylation sites (tertiary alicyclic amines) is 1. The Hall–Kier alpha value is -2.06. The van der Waals surface area contributed by atoms with E-state index >= 15 is 0 Å². The third-order valence-corrected chi connectivity index (χ3v) is 6.92. The van der Waals surface area contributed by atoms with Crippen molar-refractivity contribution in [2.75, 3.05) is 20.2 Å². The second kappa shape index (κ2) is 11.2. The highest BCUT2D eigenvalue weighted by Crippen LogP contribution is 2.31. The third-order valence-electron chi connectivity index (χ3n) is 5.65. The van der Waals surface area contributed by atoms with Crippen LogP contribution in [-0.2, 0) is 30.2 Å². The van der Waals surface area contributed by atoms with Crippen molar-refractivity contribution in [1.29, 1.82) is 0 Å². The number of methoxy groups -OCH3 is 1. The van der Waals surface area contributed by atoms with E-state index in [-0.39, 0.29) is 0 Å². The molecule has 1 fully saturated rings. The quantitative estimate of drug-likeness (QED) is 0.285. The molecule has 0 spiro atoms. The summed E-state index contributed by atoms with van der Waals surface area (Å²) in [6, 6.07) is 12.0. The lowest BCUT2D eigenvalue weighted by atomic mass is 9.96. The Labute approximate surface area is 198 Å². The van der Waals surface area contributed by atoms with Crippen LogP contribution in [0.15, 0.2) is 58.6 Å². The molecule has 0 saturated carbocycles. The number of benzene rings is 1. The molecule has 0 unspecified atom stereocenters. The number of thioether (sulfide) groups is 1. The number of furan rings is 1. The first-order valence-corrected chi connectivity index (χ1v) is 12.2. The number of allylic oxidation sites excluding steroid dienone is 1. The molecule has 32 heavy (non-hydrogen) atoms. The van der Waals surface area contributed by atoms with Crippen LogP contribution in [0.2, 0.25) is 5.02 Å². The Morgan fingerprint density at radius 3 is 2.78 bits per heavy atom. The summed E-state index contributed by atoms with van der Waals surface area (Å²) < 4.78 is 13.2. The molecule has 1 aromatic carbocycles. The molecular weight excluding hydrogens is 444 g/mol. The molecule has 2 aromatic heterocycles. The largest absolute Gasteiger partial charge is 0.462 e. The summed E-state index contributed by atoms with van der Waals surface area (Å²) in [7, 11) is 1.68. The van der Waals surface area contributed by atoms with E-state index in [0.717, 1.165) is 72.3 Å². The van der Waals surface area contributed by atoms with E-state index < -0.39 is 0 Å². The Morgan fingerprint density at radius 1 is 1.22 bits per heavy atom. The number of halogens is 1. The summed E-state index contributed by atoms with van der Waals surface area (Å²) in [5.74, 6) is 4.14. The van der Waals surface area contributed by atoms with Crippen molar-refractivity contribution in [3.05, 3.63) is 77.0 Å². The van der Waals surface area contributed by atoms with Crippen LogP contribution in [-0.4, -0.2) is 39.9 Å². The minimum Gasteiger partial charge on any atom is -0.462 e. The molecule has 1 aliphatic heterocycles. The van der Waals surface area contributed by atoms with Crippen LogP contribution in [0, 0.1) is 0 Å². The average Bonchev–Trinajstić information content (AvgIpc) is 3.40. The fraction of sp³-hybridized carbons (Fsp3) is 0.417. The van der Waals surface area contributed by atoms with Crippen molar-refractivity contribution in [3.8, 4) is 0 Å². The number of aromatic nitrogens is 3. The van der Waals surface area contributed by atoms with Crippen LogP contribution in [0.4, 0.5) is 0 Å². The van der Waals surface area contributed by atoms with Crippen LogP contribution >= 0.6 is 23.4 Å². The number of piperidine rings is 1. The molecule has 0 N–H and O–H groups in total. The van der Waals surface area contributed by atoms with Crippen molar-refractivity contribution in [2.45, 2.75) is 49.4 Å². The Bertz CT molecular complexity index is 1030. The molecule has 8 heteroatoms. The molecule has 6 nitrogen and oxygen atoms in total. The topological polar surface area (TPSA) is 56.3 Å². The predicted molar refractivity (Wildman–Crippen MR) is 128 cm³/mol. The minimum atomic E-state index is 0.403. The fourth-order valence-corrected chi connectivity index (χ4v) is 5.19. The molecule has 0 aliphatic carbocycles. The maximum absolute atomic E-state index is 6.12. The normalized spacial score (nSPS) is 15.3. The van der Waals surface area contributed by atoms with Gasteiger partial charge in [-0.15, -0.1) is 16.8 Å². The Kier molecular flexibility index (Phi) is 8.08. The van der Waals surface area contributed by atoms with Crippen LogP contribution in [0.1, 0.15) is 41.7 Å². The molecule has 3 heterocycles. The van der Waals surface area contributed by atoms with Crippen LogP contribution in [0.25, 0.3) is 0 Å². The fourth-order valence-electron chi connectivity index (χ4n) is 4.08. The maximum Gasteiger partial charge on any atom is 0.191 e. The summed E-state index contributed by atoms with van der Waals surface area (Å²) in [4.78, 5) is 2.44. The van der Waals surface area contributed by atoms with Crippen LogP contribution < -0.4 is 0 Å². The van der Waals surface area contributed by atoms with E-state index in [1.54, 1.807) is 18.9 Å². The average molecular weight is 473 g/mol. The minimum absolute atomic E-state index is 0.403. The lowest BCUT2D eigenvalue weighted by Crippen LogP contribution is -2.33. The molecule has 0 amide bonds. The van der Waals surface area contributed by atoms with E-state index in [1.807, 2.05) is 36.4 Å². The molecular formula is C24H29ClN4O2S. The van der Waals surface area contributed by atoms with Gasteiger partial charge >= 0.3 is 0 Å². The number of rotatable bonds is 10. The monoisotopic (exact) mass is 472 g/mol. The van der Waals surface area contributed by atoms with E-state index in [1.165, 1.54) is 5.56 Å². The Balaban J connectivity index is 1.36. The highest BCUT2D eigenvalue weighted by atomic mass is 35.5. The molecule has 1 saturated heterocycles. The summed E-state index contributed by atoms with van der Waals surface area (Å²) in [5.41, 5.74) is 1.18. The van der Waals surface area contributed by atoms with Gasteiger partial charge in [0.15, 0.2) is 5.16 Å². The standard InChI is InChI=1S/C24H29ClN4O2S/c1-3-11-29-23(26-27-24(29)32-17-18-5-4-6-20(25)14-18)19-9-12-28(13-10-19)15-21-7-8-22(31-21)16-30-2/h3-8,14,19H,1,9-13,15-17H2,2H3. The molecule has 170 valence electrons. The number of nitrogens with zero attached hydrogens (tertiary/aromatic N) is 4. The molecule has 0 radical (unpaired) electrons. The molecule has 0 bridgehead atoms. The van der Waals surface area contributed by atoms with E-state index in [4.69, 9.17) is 20.8 Å². The van der Waals surface area contributed by atoms with Gasteiger partial charge in [0, 0.05) is 30.3 Å². The van der Waals surface area contributed by atoms with Crippen molar-refractivity contribution >= 4 is 23.4 Å². The van der Waals surface area contributed by atoms with Gasteiger partial charge in [-0.3, -0.25) is 4.90 Å². The highest BCUT2D eigenvalue weighted by molar-refractivity contribution is 7.98. The van der Waals surface area contributed by atoms with E-state index in [0.29, 0.717) is 12.5 Å². The molecule has 3 aromatic rings. The van der Waals surface area contributed by atoms with Gasteiger partial charge in [0.05, 0.1) is 6.54 Å². The van der Waals surface area contributed by atoms with Gasteiger partial charge in [-0.2, -0.15) is 0 Å². The third kappa shape index (κ3) is 5.84. The van der Waals surface area contributed by atoms with Gasteiger partial charge in [0.1, 0.15) is 24.0 Å². The molecule has 0 atom stereocenters. The molecule has 4 rings (SSSR count). The van der Waals surface area contributed by atoms with Crippen molar-refractivity contribution in [2.24, 2.45) is 0 Å². The van der Waals surface area contributed by atoms with Gasteiger partial charge in [0.25, 0.3) is 0 Å². The summed E-state index contributed by atoms with van der Waals surface area (Å²) in [6.07, 6.45) is 4.03. The lowest BCUT2D eigenvalue weighted by molar-refractivity contribution is 0.154. The zero-order valence-electron chi connectivity index (χ0n) is 18.4. The SMILES string of the molecule is C=CCn1c(SCc2cccc(Cl)c2)nnc1C1CCN(Cc2ccc(COC)o2)CC1. The first-order valence-electron chi connectivity index (χ1n) is 10.9. The number of hydrogen-bond donors (Lipinski definition) is 0. The van der Waals surface area contributed by atoms with Gasteiger partial charge in [0.2, 0.25) is 0 Å². The molecule has 1 aliphatic rings. The first kappa shape index (κ1) is 23.1. The summed E-state index contributed by atoms with van der Waals surface area (Å²) in [6.45, 7) is 8.02. The predicted octanol–water partition coefficient (Wildman–Crippen LogP) is 5.53. The lowest BCUT2D eigenvalue weighted by Gasteiger charge is -2.31. The number of hydrogen-bond acceptors (Lipinski definition) is 6. The van der Waals surface area contributed by atoms with E-state index in [9.17, 15) is 0 Å². The van der Waals surface area contributed by atoms with Crippen molar-refractivity contribution in [3.63, 3.8) is 0 Å². The van der Waals surface area contributed by atoms with Gasteiger partial charge < -0.3 is 13.7 Å².